The highest BCUT2D eigenvalue weighted by Crippen LogP contribution is 2.39. The van der Waals surface area contributed by atoms with Gasteiger partial charge in [0.2, 0.25) is 0 Å². The van der Waals surface area contributed by atoms with Gasteiger partial charge < -0.3 is 9.30 Å². The summed E-state index contributed by atoms with van der Waals surface area (Å²) in [5, 5.41) is 11.4. The minimum Gasteiger partial charge on any atom is -0.494 e. The van der Waals surface area contributed by atoms with E-state index in [2.05, 4.69) is 0 Å². The molecule has 5 nitrogen and oxygen atoms in total. The molecule has 4 rings (SSSR count). The predicted molar refractivity (Wildman–Crippen MR) is 97.9 cm³/mol. The molecule has 0 atom stereocenters. The van der Waals surface area contributed by atoms with Crippen LogP contribution in [0.5, 0.6) is 5.75 Å². The van der Waals surface area contributed by atoms with Crippen LogP contribution in [-0.4, -0.2) is 16.1 Å². The Morgan fingerprint density at radius 2 is 1.96 bits per heavy atom. The van der Waals surface area contributed by atoms with Crippen molar-refractivity contribution in [2.45, 2.75) is 26.3 Å². The summed E-state index contributed by atoms with van der Waals surface area (Å²) in [5.74, 6) is 0.972. The largest absolute Gasteiger partial charge is 0.494 e. The van der Waals surface area contributed by atoms with E-state index in [4.69, 9.17) is 4.74 Å². The van der Waals surface area contributed by atoms with Crippen molar-refractivity contribution in [3.63, 3.8) is 0 Å². The summed E-state index contributed by atoms with van der Waals surface area (Å²) < 4.78 is 22.8. The molecule has 0 spiro atoms. The first kappa shape index (κ1) is 16.6. The maximum absolute atomic E-state index is 15.2. The number of benzene rings is 2. The molecule has 1 aliphatic carbocycles. The first-order valence-electron chi connectivity index (χ1n) is 8.78. The third-order valence-electron chi connectivity index (χ3n) is 4.77. The van der Waals surface area contributed by atoms with Crippen LogP contribution in [-0.2, 0) is 6.54 Å². The number of non-ortho nitro benzene ring substituents is 1. The summed E-state index contributed by atoms with van der Waals surface area (Å²) in [4.78, 5) is 10.4. The third kappa shape index (κ3) is 2.92. The highest BCUT2D eigenvalue weighted by atomic mass is 19.1. The van der Waals surface area contributed by atoms with Crippen molar-refractivity contribution in [2.75, 3.05) is 6.61 Å². The number of nitro benzene ring substituents is 1. The Labute approximate surface area is 150 Å². The zero-order valence-electron chi connectivity index (χ0n) is 14.4. The maximum atomic E-state index is 15.2. The SMILES string of the molecule is CCOc1ccc2c(F)c(-c3ccc([N+](=O)[O-])cc3)n(CC3CC3)c2c1. The molecular weight excluding hydrogens is 335 g/mol. The van der Waals surface area contributed by atoms with Crippen molar-refractivity contribution in [3.8, 4) is 17.0 Å². The molecule has 1 aliphatic rings. The molecule has 0 N–H and O–H groups in total. The Kier molecular flexibility index (Phi) is 4.11. The molecule has 3 aromatic rings. The van der Waals surface area contributed by atoms with Crippen LogP contribution in [0, 0.1) is 21.8 Å². The van der Waals surface area contributed by atoms with Gasteiger partial charge in [-0.2, -0.15) is 0 Å². The van der Waals surface area contributed by atoms with Gasteiger partial charge in [-0.1, -0.05) is 0 Å². The lowest BCUT2D eigenvalue weighted by atomic mass is 10.1. The number of nitrogens with zero attached hydrogens (tertiary/aromatic N) is 2. The van der Waals surface area contributed by atoms with Crippen molar-refractivity contribution in [3.05, 3.63) is 58.4 Å². The zero-order valence-corrected chi connectivity index (χ0v) is 14.4. The van der Waals surface area contributed by atoms with Crippen LogP contribution < -0.4 is 4.74 Å². The number of nitro groups is 1. The van der Waals surface area contributed by atoms with E-state index in [1.54, 1.807) is 24.3 Å². The fourth-order valence-corrected chi connectivity index (χ4v) is 3.32. The number of rotatable bonds is 6. The van der Waals surface area contributed by atoms with Crippen molar-refractivity contribution in [1.29, 1.82) is 0 Å². The van der Waals surface area contributed by atoms with Crippen LogP contribution in [0.25, 0.3) is 22.2 Å². The van der Waals surface area contributed by atoms with Crippen LogP contribution in [0.1, 0.15) is 19.8 Å². The molecule has 6 heteroatoms. The predicted octanol–water partition coefficient (Wildman–Crippen LogP) is 5.16. The van der Waals surface area contributed by atoms with Gasteiger partial charge in [-0.25, -0.2) is 4.39 Å². The van der Waals surface area contributed by atoms with E-state index < -0.39 is 4.92 Å². The Hall–Kier alpha value is -2.89. The van der Waals surface area contributed by atoms with E-state index in [1.165, 1.54) is 12.1 Å². The number of hydrogen-bond donors (Lipinski definition) is 0. The highest BCUT2D eigenvalue weighted by molar-refractivity contribution is 5.89. The summed E-state index contributed by atoms with van der Waals surface area (Å²) in [6, 6.07) is 11.5. The molecule has 0 bridgehead atoms. The van der Waals surface area contributed by atoms with Gasteiger partial charge in [-0.05, 0) is 49.9 Å². The first-order valence-corrected chi connectivity index (χ1v) is 8.78. The van der Waals surface area contributed by atoms with E-state index in [0.717, 1.165) is 24.9 Å². The van der Waals surface area contributed by atoms with Gasteiger partial charge in [0.05, 0.1) is 22.7 Å². The normalized spacial score (nSPS) is 13.9. The molecule has 0 amide bonds. The van der Waals surface area contributed by atoms with Gasteiger partial charge in [0.1, 0.15) is 5.75 Å². The van der Waals surface area contributed by atoms with Gasteiger partial charge in [-0.15, -0.1) is 0 Å². The maximum Gasteiger partial charge on any atom is 0.269 e. The van der Waals surface area contributed by atoms with E-state index in [-0.39, 0.29) is 11.5 Å². The minimum absolute atomic E-state index is 0.00218. The monoisotopic (exact) mass is 354 g/mol. The summed E-state index contributed by atoms with van der Waals surface area (Å²) in [6.07, 6.45) is 2.29. The fraction of sp³-hybridized carbons (Fsp3) is 0.300. The molecule has 1 fully saturated rings. The Balaban J connectivity index is 1.88. The zero-order chi connectivity index (χ0) is 18.3. The third-order valence-corrected chi connectivity index (χ3v) is 4.77. The van der Waals surface area contributed by atoms with E-state index in [9.17, 15) is 10.1 Å². The van der Waals surface area contributed by atoms with Gasteiger partial charge in [0.25, 0.3) is 5.69 Å². The lowest BCUT2D eigenvalue weighted by Crippen LogP contribution is -2.03. The molecule has 0 aliphatic heterocycles. The van der Waals surface area contributed by atoms with Gasteiger partial charge in [-0.3, -0.25) is 10.1 Å². The topological polar surface area (TPSA) is 57.3 Å². The highest BCUT2D eigenvalue weighted by Gasteiger charge is 2.27. The van der Waals surface area contributed by atoms with E-state index in [0.29, 0.717) is 34.9 Å². The molecule has 134 valence electrons. The number of aromatic nitrogens is 1. The number of fused-ring (bicyclic) bond motifs is 1. The lowest BCUT2D eigenvalue weighted by Gasteiger charge is -2.11. The molecule has 0 radical (unpaired) electrons. The van der Waals surface area contributed by atoms with Crippen molar-refractivity contribution in [2.24, 2.45) is 5.92 Å². The number of halogens is 1. The second-order valence-corrected chi connectivity index (χ2v) is 6.63. The summed E-state index contributed by atoms with van der Waals surface area (Å²) in [5.41, 5.74) is 1.92. The molecule has 0 saturated heterocycles. The van der Waals surface area contributed by atoms with E-state index >= 15 is 4.39 Å². The summed E-state index contributed by atoms with van der Waals surface area (Å²) >= 11 is 0. The second kappa shape index (κ2) is 6.44. The van der Waals surface area contributed by atoms with E-state index in [1.807, 2.05) is 17.6 Å². The molecule has 2 aromatic carbocycles. The molecule has 1 aromatic heterocycles. The molecule has 1 heterocycles. The average molecular weight is 354 g/mol. The van der Waals surface area contributed by atoms with Crippen LogP contribution >= 0.6 is 0 Å². The van der Waals surface area contributed by atoms with Gasteiger partial charge >= 0.3 is 0 Å². The fourth-order valence-electron chi connectivity index (χ4n) is 3.32. The quantitative estimate of drug-likeness (QED) is 0.453. The average Bonchev–Trinajstić information content (AvgIpc) is 3.41. The smallest absolute Gasteiger partial charge is 0.269 e. The Morgan fingerprint density at radius 3 is 2.58 bits per heavy atom. The van der Waals surface area contributed by atoms with Crippen molar-refractivity contribution in [1.82, 2.24) is 4.57 Å². The first-order chi connectivity index (χ1) is 12.6. The molecule has 26 heavy (non-hydrogen) atoms. The van der Waals surface area contributed by atoms with Crippen molar-refractivity contribution < 1.29 is 14.1 Å². The molecular formula is C20H19FN2O3. The summed E-state index contributed by atoms with van der Waals surface area (Å²) in [7, 11) is 0. The Bertz CT molecular complexity index is 975. The standard InChI is InChI=1S/C20H19FN2O3/c1-2-26-16-9-10-17-18(11-16)22(12-13-3-4-13)20(19(17)21)14-5-7-15(8-6-14)23(24)25/h5-11,13H,2-4,12H2,1H3. The van der Waals surface area contributed by atoms with Gasteiger partial charge in [0.15, 0.2) is 5.82 Å². The number of ether oxygens (including phenoxy) is 1. The van der Waals surface area contributed by atoms with Crippen LogP contribution in [0.2, 0.25) is 0 Å². The second-order valence-electron chi connectivity index (χ2n) is 6.63. The van der Waals surface area contributed by atoms with Crippen molar-refractivity contribution >= 4 is 16.6 Å². The lowest BCUT2D eigenvalue weighted by molar-refractivity contribution is -0.384. The van der Waals surface area contributed by atoms with Gasteiger partial charge in [0, 0.05) is 35.7 Å². The van der Waals surface area contributed by atoms with Crippen LogP contribution in [0.3, 0.4) is 0 Å². The molecule has 1 saturated carbocycles. The number of hydrogen-bond acceptors (Lipinski definition) is 3. The molecule has 0 unspecified atom stereocenters. The summed E-state index contributed by atoms with van der Waals surface area (Å²) in [6.45, 7) is 3.20. The van der Waals surface area contributed by atoms with Crippen LogP contribution in [0.4, 0.5) is 10.1 Å². The van der Waals surface area contributed by atoms with Crippen LogP contribution in [0.15, 0.2) is 42.5 Å². The minimum atomic E-state index is -0.450. The Morgan fingerprint density at radius 1 is 1.23 bits per heavy atom.